The third-order valence-electron chi connectivity index (χ3n) is 3.82. The second-order valence-corrected chi connectivity index (χ2v) is 5.96. The van der Waals surface area contributed by atoms with Crippen LogP contribution in [0.5, 0.6) is 5.75 Å². The fraction of sp³-hybridized carbons (Fsp3) is 0.0588. The number of H-pyrrole nitrogens is 1. The van der Waals surface area contributed by atoms with Crippen LogP contribution in [0.4, 0.5) is 5.95 Å². The van der Waals surface area contributed by atoms with Crippen molar-refractivity contribution in [3.63, 3.8) is 0 Å². The number of hydrogen-bond donors (Lipinski definition) is 3. The number of hydrogen-bond acceptors (Lipinski definition) is 6. The Bertz CT molecular complexity index is 1120. The van der Waals surface area contributed by atoms with Gasteiger partial charge in [0.2, 0.25) is 0 Å². The summed E-state index contributed by atoms with van der Waals surface area (Å²) in [5, 5.41) is 23.5. The monoisotopic (exact) mass is 352 g/mol. The van der Waals surface area contributed by atoms with Crippen molar-refractivity contribution in [1.29, 1.82) is 0 Å². The number of nitrogens with one attached hydrogen (secondary N) is 2. The number of aromatic hydroxyl groups is 1. The summed E-state index contributed by atoms with van der Waals surface area (Å²) in [6.45, 7) is 2.02. The molecule has 3 N–H and O–H groups in total. The highest BCUT2D eigenvalue weighted by Gasteiger charge is 2.10. The summed E-state index contributed by atoms with van der Waals surface area (Å²) in [4.78, 5) is 7.63. The maximum absolute atomic E-state index is 9.75. The Morgan fingerprint density at radius 2 is 2.12 bits per heavy atom. The Hall–Kier alpha value is -3.19. The first-order chi connectivity index (χ1) is 12.1. The van der Waals surface area contributed by atoms with E-state index in [-0.39, 0.29) is 11.7 Å². The molecule has 7 nitrogen and oxygen atoms in total. The van der Waals surface area contributed by atoms with E-state index in [1.165, 1.54) is 12.3 Å². The van der Waals surface area contributed by atoms with Crippen molar-refractivity contribution in [2.24, 2.45) is 5.10 Å². The van der Waals surface area contributed by atoms with Gasteiger partial charge in [-0.1, -0.05) is 29.8 Å². The summed E-state index contributed by atoms with van der Waals surface area (Å²) in [6, 6.07) is 10.7. The van der Waals surface area contributed by atoms with Crippen LogP contribution < -0.4 is 5.43 Å². The standard InChI is InChI=1S/C17H13ClN6O/c1-9-3-2-4-12-14(9)20-16-15(12)22-24-17(21-16)23-19-8-10-7-11(18)5-6-13(10)25/h2-8,25H,1H3,(H2,20,21,23,24)/b19-8+. The summed E-state index contributed by atoms with van der Waals surface area (Å²) in [6.07, 6.45) is 1.43. The minimum Gasteiger partial charge on any atom is -0.507 e. The van der Waals surface area contributed by atoms with Crippen molar-refractivity contribution < 1.29 is 5.11 Å². The van der Waals surface area contributed by atoms with E-state index in [4.69, 9.17) is 11.6 Å². The predicted octanol–water partition coefficient (Wildman–Crippen LogP) is 3.62. The average molecular weight is 353 g/mol. The highest BCUT2D eigenvalue weighted by Crippen LogP contribution is 2.24. The Labute approximate surface area is 147 Å². The van der Waals surface area contributed by atoms with Gasteiger partial charge in [-0.15, -0.1) is 10.2 Å². The molecule has 0 atom stereocenters. The third-order valence-corrected chi connectivity index (χ3v) is 4.05. The Kier molecular flexibility index (Phi) is 3.70. The number of para-hydroxylation sites is 1. The van der Waals surface area contributed by atoms with E-state index in [0.717, 1.165) is 16.5 Å². The first-order valence-electron chi connectivity index (χ1n) is 7.51. The number of aromatic amines is 1. The molecule has 0 aliphatic carbocycles. The van der Waals surface area contributed by atoms with Gasteiger partial charge in [0.15, 0.2) is 5.65 Å². The maximum atomic E-state index is 9.75. The molecule has 2 aromatic heterocycles. The predicted molar refractivity (Wildman–Crippen MR) is 98.3 cm³/mol. The minimum atomic E-state index is 0.0792. The lowest BCUT2D eigenvalue weighted by molar-refractivity contribution is 0.474. The molecule has 0 aliphatic rings. The molecule has 2 heterocycles. The molecular formula is C17H13ClN6O. The molecule has 0 saturated heterocycles. The number of halogens is 1. The van der Waals surface area contributed by atoms with E-state index in [1.807, 2.05) is 25.1 Å². The normalized spacial score (nSPS) is 11.6. The van der Waals surface area contributed by atoms with E-state index in [9.17, 15) is 5.11 Å². The summed E-state index contributed by atoms with van der Waals surface area (Å²) >= 11 is 5.90. The van der Waals surface area contributed by atoms with Gasteiger partial charge < -0.3 is 10.1 Å². The van der Waals surface area contributed by atoms with Crippen LogP contribution in [0.3, 0.4) is 0 Å². The van der Waals surface area contributed by atoms with Crippen LogP contribution in [0.2, 0.25) is 5.02 Å². The van der Waals surface area contributed by atoms with Gasteiger partial charge in [0, 0.05) is 16.0 Å². The van der Waals surface area contributed by atoms with E-state index in [2.05, 4.69) is 30.7 Å². The number of aromatic nitrogens is 4. The van der Waals surface area contributed by atoms with Crippen LogP contribution in [0.1, 0.15) is 11.1 Å². The molecule has 0 amide bonds. The highest BCUT2D eigenvalue weighted by molar-refractivity contribution is 6.30. The Balaban J connectivity index is 1.64. The van der Waals surface area contributed by atoms with Gasteiger partial charge in [-0.25, -0.2) is 5.43 Å². The van der Waals surface area contributed by atoms with Gasteiger partial charge in [-0.3, -0.25) is 0 Å². The summed E-state index contributed by atoms with van der Waals surface area (Å²) in [5.74, 6) is 0.324. The molecule has 0 radical (unpaired) electrons. The Morgan fingerprint density at radius 3 is 3.00 bits per heavy atom. The summed E-state index contributed by atoms with van der Waals surface area (Å²) < 4.78 is 0. The SMILES string of the molecule is Cc1cccc2c1[nH]c1nc(N/N=C/c3cc(Cl)ccc3O)nnc12. The van der Waals surface area contributed by atoms with Crippen molar-refractivity contribution in [3.05, 3.63) is 52.5 Å². The molecule has 0 fully saturated rings. The lowest BCUT2D eigenvalue weighted by Gasteiger charge is -2.00. The smallest absolute Gasteiger partial charge is 0.265 e. The number of benzene rings is 2. The van der Waals surface area contributed by atoms with Gasteiger partial charge in [0.25, 0.3) is 5.95 Å². The quantitative estimate of drug-likeness (QED) is 0.386. The molecule has 4 aromatic rings. The molecule has 124 valence electrons. The Morgan fingerprint density at radius 1 is 1.24 bits per heavy atom. The fourth-order valence-corrected chi connectivity index (χ4v) is 2.76. The first kappa shape index (κ1) is 15.3. The maximum Gasteiger partial charge on any atom is 0.265 e. The van der Waals surface area contributed by atoms with Crippen LogP contribution in [0.25, 0.3) is 22.1 Å². The lowest BCUT2D eigenvalue weighted by atomic mass is 10.1. The van der Waals surface area contributed by atoms with Gasteiger partial charge in [0.1, 0.15) is 11.3 Å². The molecule has 25 heavy (non-hydrogen) atoms. The zero-order valence-electron chi connectivity index (χ0n) is 13.2. The van der Waals surface area contributed by atoms with Crippen LogP contribution in [0.15, 0.2) is 41.5 Å². The molecule has 4 rings (SSSR count). The zero-order chi connectivity index (χ0) is 17.4. The van der Waals surface area contributed by atoms with Gasteiger partial charge in [0.05, 0.1) is 11.7 Å². The molecule has 0 aliphatic heterocycles. The van der Waals surface area contributed by atoms with Crippen molar-refractivity contribution in [2.75, 3.05) is 5.43 Å². The first-order valence-corrected chi connectivity index (χ1v) is 7.89. The van der Waals surface area contributed by atoms with Crippen LogP contribution >= 0.6 is 11.6 Å². The number of phenols is 1. The molecule has 2 aromatic carbocycles. The highest BCUT2D eigenvalue weighted by atomic mass is 35.5. The number of phenolic OH excluding ortho intramolecular Hbond substituents is 1. The second kappa shape index (κ2) is 6.03. The zero-order valence-corrected chi connectivity index (χ0v) is 13.9. The molecule has 0 saturated carbocycles. The topological polar surface area (TPSA) is 99.1 Å². The number of anilines is 1. The van der Waals surface area contributed by atoms with Gasteiger partial charge in [-0.2, -0.15) is 10.1 Å². The van der Waals surface area contributed by atoms with Crippen molar-refractivity contribution >= 4 is 45.8 Å². The molecule has 0 unspecified atom stereocenters. The lowest BCUT2D eigenvalue weighted by Crippen LogP contribution is -1.99. The van der Waals surface area contributed by atoms with E-state index in [1.54, 1.807) is 12.1 Å². The fourth-order valence-electron chi connectivity index (χ4n) is 2.58. The number of rotatable bonds is 3. The number of nitrogens with zero attached hydrogens (tertiary/aromatic N) is 4. The number of hydrazone groups is 1. The number of fused-ring (bicyclic) bond motifs is 3. The molecule has 0 bridgehead atoms. The van der Waals surface area contributed by atoms with E-state index >= 15 is 0 Å². The summed E-state index contributed by atoms with van der Waals surface area (Å²) in [5.41, 5.74) is 6.62. The van der Waals surface area contributed by atoms with Crippen LogP contribution in [-0.4, -0.2) is 31.5 Å². The van der Waals surface area contributed by atoms with Gasteiger partial charge in [-0.05, 0) is 30.7 Å². The van der Waals surface area contributed by atoms with Crippen LogP contribution in [0, 0.1) is 6.92 Å². The molecule has 0 spiro atoms. The third kappa shape index (κ3) is 2.85. The summed E-state index contributed by atoms with van der Waals surface area (Å²) in [7, 11) is 0. The second-order valence-electron chi connectivity index (χ2n) is 5.53. The van der Waals surface area contributed by atoms with Crippen molar-refractivity contribution in [3.8, 4) is 5.75 Å². The minimum absolute atomic E-state index is 0.0792. The largest absolute Gasteiger partial charge is 0.507 e. The number of aryl methyl sites for hydroxylation is 1. The van der Waals surface area contributed by atoms with E-state index < -0.39 is 0 Å². The average Bonchev–Trinajstić information content (AvgIpc) is 2.97. The van der Waals surface area contributed by atoms with Crippen molar-refractivity contribution in [1.82, 2.24) is 20.2 Å². The van der Waals surface area contributed by atoms with Crippen LogP contribution in [-0.2, 0) is 0 Å². The van der Waals surface area contributed by atoms with E-state index in [0.29, 0.717) is 21.7 Å². The van der Waals surface area contributed by atoms with Gasteiger partial charge >= 0.3 is 0 Å². The van der Waals surface area contributed by atoms with Crippen molar-refractivity contribution in [2.45, 2.75) is 6.92 Å². The molecule has 8 heteroatoms. The molecular weight excluding hydrogens is 340 g/mol.